The number of rotatable bonds is 3. The summed E-state index contributed by atoms with van der Waals surface area (Å²) in [7, 11) is 4.14. The van der Waals surface area contributed by atoms with Gasteiger partial charge in [0.1, 0.15) is 0 Å². The molecule has 0 saturated heterocycles. The van der Waals surface area contributed by atoms with E-state index in [0.29, 0.717) is 0 Å². The van der Waals surface area contributed by atoms with Crippen molar-refractivity contribution >= 4 is 5.69 Å². The Labute approximate surface area is 93.1 Å². The second-order valence-electron chi connectivity index (χ2n) is 5.13. The molecule has 0 aromatic heterocycles. The number of nitrogens with two attached hydrogens (primary N) is 1. The van der Waals surface area contributed by atoms with Crippen LogP contribution in [0.2, 0.25) is 0 Å². The molecule has 1 aromatic rings. The highest BCUT2D eigenvalue weighted by molar-refractivity contribution is 5.56. The van der Waals surface area contributed by atoms with Crippen molar-refractivity contribution in [1.82, 2.24) is 0 Å². The van der Waals surface area contributed by atoms with Crippen molar-refractivity contribution in [3.63, 3.8) is 0 Å². The molecule has 0 radical (unpaired) electrons. The van der Waals surface area contributed by atoms with Crippen molar-refractivity contribution in [2.45, 2.75) is 32.7 Å². The van der Waals surface area contributed by atoms with Crippen LogP contribution in [0.1, 0.15) is 25.0 Å². The highest BCUT2D eigenvalue weighted by Gasteiger charge is 2.16. The van der Waals surface area contributed by atoms with Crippen LogP contribution >= 0.6 is 0 Å². The Balaban J connectivity index is 3.14. The van der Waals surface area contributed by atoms with Gasteiger partial charge in [-0.1, -0.05) is 12.1 Å². The fraction of sp³-hybridized carbons (Fsp3) is 0.538. The summed E-state index contributed by atoms with van der Waals surface area (Å²) in [5.41, 5.74) is 9.88. The number of hydrogen-bond donors (Lipinski definition) is 1. The van der Waals surface area contributed by atoms with E-state index in [-0.39, 0.29) is 5.54 Å². The van der Waals surface area contributed by atoms with E-state index in [1.165, 1.54) is 16.8 Å². The third-order valence-electron chi connectivity index (χ3n) is 2.50. The van der Waals surface area contributed by atoms with Crippen molar-refractivity contribution in [2.24, 2.45) is 5.73 Å². The lowest BCUT2D eigenvalue weighted by Gasteiger charge is -2.25. The minimum Gasteiger partial charge on any atom is -0.377 e. The molecule has 0 saturated carbocycles. The Morgan fingerprint density at radius 2 is 1.87 bits per heavy atom. The van der Waals surface area contributed by atoms with Gasteiger partial charge in [-0.25, -0.2) is 0 Å². The molecule has 0 bridgehead atoms. The third-order valence-corrected chi connectivity index (χ3v) is 2.50. The van der Waals surface area contributed by atoms with Gasteiger partial charge in [-0.3, -0.25) is 0 Å². The molecule has 84 valence electrons. The zero-order valence-electron chi connectivity index (χ0n) is 10.5. The second kappa shape index (κ2) is 4.23. The molecule has 0 aliphatic rings. The smallest absolute Gasteiger partial charge is 0.0396 e. The van der Waals surface area contributed by atoms with Gasteiger partial charge in [0.25, 0.3) is 0 Å². The van der Waals surface area contributed by atoms with Gasteiger partial charge in [0, 0.05) is 25.3 Å². The van der Waals surface area contributed by atoms with Crippen LogP contribution < -0.4 is 10.6 Å². The summed E-state index contributed by atoms with van der Waals surface area (Å²) in [6.07, 6.45) is 0.910. The van der Waals surface area contributed by atoms with Crippen LogP contribution in [0.25, 0.3) is 0 Å². The summed E-state index contributed by atoms with van der Waals surface area (Å²) in [6.45, 7) is 6.28. The highest BCUT2D eigenvalue weighted by Crippen LogP contribution is 2.25. The van der Waals surface area contributed by atoms with Gasteiger partial charge in [0.15, 0.2) is 0 Å². The molecule has 0 amide bonds. The molecule has 0 fully saturated rings. The minimum absolute atomic E-state index is 0.156. The molecule has 2 heteroatoms. The Morgan fingerprint density at radius 1 is 1.27 bits per heavy atom. The van der Waals surface area contributed by atoms with Crippen LogP contribution in [0.5, 0.6) is 0 Å². The average Bonchev–Trinajstić information content (AvgIpc) is 2.05. The molecular formula is C13H22N2. The van der Waals surface area contributed by atoms with Crippen molar-refractivity contribution in [1.29, 1.82) is 0 Å². The van der Waals surface area contributed by atoms with Crippen molar-refractivity contribution in [2.75, 3.05) is 19.0 Å². The minimum atomic E-state index is -0.156. The standard InChI is InChI=1S/C13H22N2/c1-10-7-6-8-12(15(4)5)11(10)9-13(2,3)14/h6-8H,9,14H2,1-5H3. The molecule has 0 aliphatic carbocycles. The zero-order chi connectivity index (χ0) is 11.6. The van der Waals surface area contributed by atoms with Gasteiger partial charge in [0.05, 0.1) is 0 Å². The monoisotopic (exact) mass is 206 g/mol. The van der Waals surface area contributed by atoms with Crippen LogP contribution in [-0.4, -0.2) is 19.6 Å². The van der Waals surface area contributed by atoms with E-state index in [9.17, 15) is 0 Å². The molecule has 1 aromatic carbocycles. The predicted octanol–water partition coefficient (Wildman–Crippen LogP) is 2.34. The van der Waals surface area contributed by atoms with Gasteiger partial charge in [-0.15, -0.1) is 0 Å². The van der Waals surface area contributed by atoms with E-state index in [0.717, 1.165) is 6.42 Å². The molecule has 0 aliphatic heterocycles. The lowest BCUT2D eigenvalue weighted by atomic mass is 9.92. The van der Waals surface area contributed by atoms with E-state index in [2.05, 4.69) is 58.0 Å². The molecule has 15 heavy (non-hydrogen) atoms. The Bertz CT molecular complexity index is 335. The Kier molecular flexibility index (Phi) is 3.40. The van der Waals surface area contributed by atoms with E-state index >= 15 is 0 Å². The number of aryl methyl sites for hydroxylation is 1. The van der Waals surface area contributed by atoms with Crippen LogP contribution in [0.4, 0.5) is 5.69 Å². The molecule has 0 atom stereocenters. The molecular weight excluding hydrogens is 184 g/mol. The third kappa shape index (κ3) is 3.24. The van der Waals surface area contributed by atoms with Crippen molar-refractivity contribution in [3.05, 3.63) is 29.3 Å². The summed E-state index contributed by atoms with van der Waals surface area (Å²) >= 11 is 0. The van der Waals surface area contributed by atoms with Crippen LogP contribution in [0.3, 0.4) is 0 Å². The maximum Gasteiger partial charge on any atom is 0.0396 e. The van der Waals surface area contributed by atoms with Gasteiger partial charge in [0.2, 0.25) is 0 Å². The number of benzene rings is 1. The summed E-state index contributed by atoms with van der Waals surface area (Å²) in [5, 5.41) is 0. The molecule has 0 heterocycles. The Hall–Kier alpha value is -1.02. The van der Waals surface area contributed by atoms with Crippen LogP contribution in [-0.2, 0) is 6.42 Å². The summed E-state index contributed by atoms with van der Waals surface area (Å²) in [5.74, 6) is 0. The predicted molar refractivity (Wildman–Crippen MR) is 67.5 cm³/mol. The Morgan fingerprint density at radius 3 is 2.33 bits per heavy atom. The molecule has 0 unspecified atom stereocenters. The van der Waals surface area contributed by atoms with Gasteiger partial charge in [-0.2, -0.15) is 0 Å². The van der Waals surface area contributed by atoms with E-state index < -0.39 is 0 Å². The first-order valence-corrected chi connectivity index (χ1v) is 5.36. The first kappa shape index (κ1) is 12.1. The lowest BCUT2D eigenvalue weighted by Crippen LogP contribution is -2.35. The largest absolute Gasteiger partial charge is 0.377 e. The SMILES string of the molecule is Cc1cccc(N(C)C)c1CC(C)(C)N. The second-order valence-corrected chi connectivity index (χ2v) is 5.13. The highest BCUT2D eigenvalue weighted by atomic mass is 15.1. The van der Waals surface area contributed by atoms with E-state index in [1.54, 1.807) is 0 Å². The number of nitrogens with zero attached hydrogens (tertiary/aromatic N) is 1. The maximum atomic E-state index is 6.09. The van der Waals surface area contributed by atoms with Gasteiger partial charge in [-0.05, 0) is 44.4 Å². The van der Waals surface area contributed by atoms with E-state index in [1.807, 2.05) is 0 Å². The lowest BCUT2D eigenvalue weighted by molar-refractivity contribution is 0.515. The van der Waals surface area contributed by atoms with E-state index in [4.69, 9.17) is 5.73 Å². The van der Waals surface area contributed by atoms with Crippen molar-refractivity contribution in [3.8, 4) is 0 Å². The topological polar surface area (TPSA) is 29.3 Å². The quantitative estimate of drug-likeness (QED) is 0.822. The first-order valence-electron chi connectivity index (χ1n) is 5.36. The molecule has 2 nitrogen and oxygen atoms in total. The zero-order valence-corrected chi connectivity index (χ0v) is 10.5. The van der Waals surface area contributed by atoms with Gasteiger partial charge < -0.3 is 10.6 Å². The number of hydrogen-bond acceptors (Lipinski definition) is 2. The van der Waals surface area contributed by atoms with Gasteiger partial charge >= 0.3 is 0 Å². The molecule has 1 rings (SSSR count). The first-order chi connectivity index (χ1) is 6.81. The summed E-state index contributed by atoms with van der Waals surface area (Å²) in [6, 6.07) is 6.39. The fourth-order valence-corrected chi connectivity index (χ4v) is 1.79. The van der Waals surface area contributed by atoms with Crippen LogP contribution in [0, 0.1) is 6.92 Å². The van der Waals surface area contributed by atoms with Crippen LogP contribution in [0.15, 0.2) is 18.2 Å². The number of anilines is 1. The molecule has 0 spiro atoms. The fourth-order valence-electron chi connectivity index (χ4n) is 1.79. The van der Waals surface area contributed by atoms with Crippen molar-refractivity contribution < 1.29 is 0 Å². The summed E-state index contributed by atoms with van der Waals surface area (Å²) < 4.78 is 0. The molecule has 2 N–H and O–H groups in total. The normalized spacial score (nSPS) is 11.6. The average molecular weight is 206 g/mol. The maximum absolute atomic E-state index is 6.09. The summed E-state index contributed by atoms with van der Waals surface area (Å²) in [4.78, 5) is 2.15.